The monoisotopic (exact) mass is 605 g/mol. The molecule has 43 heavy (non-hydrogen) atoms. The largest absolute Gasteiger partial charge is 0.460 e. The minimum absolute atomic E-state index is 0.0500. The number of nitrogens with two attached hydrogens (primary N) is 1. The van der Waals surface area contributed by atoms with Crippen LogP contribution in [0, 0.1) is 22.7 Å². The van der Waals surface area contributed by atoms with Crippen molar-refractivity contribution in [1.82, 2.24) is 0 Å². The Morgan fingerprint density at radius 3 is 2.63 bits per heavy atom. The number of aliphatic hydroxyl groups is 1. The summed E-state index contributed by atoms with van der Waals surface area (Å²) in [5.41, 5.74) is 3.22. The summed E-state index contributed by atoms with van der Waals surface area (Å²) in [5.74, 6) is -3.57. The highest BCUT2D eigenvalue weighted by molar-refractivity contribution is 6.01. The van der Waals surface area contributed by atoms with E-state index >= 15 is 0 Å². The van der Waals surface area contributed by atoms with Crippen LogP contribution in [0.25, 0.3) is 0 Å². The van der Waals surface area contributed by atoms with Crippen molar-refractivity contribution in [2.75, 3.05) is 19.9 Å². The molecule has 0 aromatic carbocycles. The number of allylic oxidation sites excluding steroid dienone is 4. The average molecular weight is 606 g/mol. The lowest BCUT2D eigenvalue weighted by atomic mass is 9.57. The van der Waals surface area contributed by atoms with Gasteiger partial charge in [0.05, 0.1) is 18.6 Å². The molecule has 0 bridgehead atoms. The van der Waals surface area contributed by atoms with Crippen molar-refractivity contribution in [2.45, 2.75) is 95.9 Å². The highest BCUT2D eigenvalue weighted by Crippen LogP contribution is 2.66. The summed E-state index contributed by atoms with van der Waals surface area (Å²) in [4.78, 5) is 50.6. The maximum atomic E-state index is 14.0. The first-order valence-electron chi connectivity index (χ1n) is 14.9. The summed E-state index contributed by atoms with van der Waals surface area (Å²) >= 11 is 0. The van der Waals surface area contributed by atoms with Crippen LogP contribution in [0.5, 0.6) is 0 Å². The van der Waals surface area contributed by atoms with Crippen molar-refractivity contribution in [2.24, 2.45) is 28.4 Å². The molecule has 0 amide bonds. The summed E-state index contributed by atoms with van der Waals surface area (Å²) in [6.07, 6.45) is 6.29. The molecule has 4 rings (SSSR count). The molecule has 8 unspecified atom stereocenters. The number of esters is 2. The van der Waals surface area contributed by atoms with E-state index in [9.17, 15) is 28.7 Å². The highest BCUT2D eigenvalue weighted by Gasteiger charge is 2.75. The number of carbonyl (C=O) groups excluding carboxylic acids is 4. The molecule has 238 valence electrons. The Labute approximate surface area is 251 Å². The second-order valence-electron chi connectivity index (χ2n) is 13.3. The first-order chi connectivity index (χ1) is 20.1. The first kappa shape index (κ1) is 33.2. The first-order valence-corrected chi connectivity index (χ1v) is 14.9. The summed E-state index contributed by atoms with van der Waals surface area (Å²) in [5, 5.41) is 11.1. The van der Waals surface area contributed by atoms with E-state index in [1.807, 2.05) is 6.92 Å². The van der Waals surface area contributed by atoms with Gasteiger partial charge in [0.1, 0.15) is 19.3 Å². The summed E-state index contributed by atoms with van der Waals surface area (Å²) in [6, 6.07) is -1.26. The molecule has 0 spiro atoms. The van der Waals surface area contributed by atoms with Crippen molar-refractivity contribution in [3.05, 3.63) is 36.5 Å². The molecular formula is C32H44FNO9. The number of halogens is 1. The van der Waals surface area contributed by atoms with Crippen LogP contribution >= 0.6 is 0 Å². The number of hydrogen-bond donors (Lipinski definition) is 2. The van der Waals surface area contributed by atoms with E-state index in [0.717, 1.165) is 0 Å². The van der Waals surface area contributed by atoms with Gasteiger partial charge >= 0.3 is 11.9 Å². The molecule has 8 atom stereocenters. The molecule has 0 aromatic rings. The molecule has 0 radical (unpaired) electrons. The number of alkyl halides is 1. The van der Waals surface area contributed by atoms with Crippen LogP contribution in [-0.2, 0) is 38.1 Å². The molecule has 1 heterocycles. The van der Waals surface area contributed by atoms with Gasteiger partial charge in [0.2, 0.25) is 5.78 Å². The van der Waals surface area contributed by atoms with Gasteiger partial charge in [-0.2, -0.15) is 0 Å². The number of carbonyl (C=O) groups is 4. The summed E-state index contributed by atoms with van der Waals surface area (Å²) in [7, 11) is 0. The van der Waals surface area contributed by atoms with E-state index in [1.165, 1.54) is 18.2 Å². The van der Waals surface area contributed by atoms with E-state index in [4.69, 9.17) is 24.7 Å². The third-order valence-electron chi connectivity index (χ3n) is 9.76. The second-order valence-corrected chi connectivity index (χ2v) is 13.3. The molecule has 11 heteroatoms. The van der Waals surface area contributed by atoms with Gasteiger partial charge in [-0.1, -0.05) is 31.2 Å². The SMILES string of the molecule is C=CCOC(=O)C(N)CC(=O)OCC(=O)C12OC(C)(C)OC1CC1C(CCC3=CC(=O)C=CC3(C)CF)CC(O)CC12C. The fourth-order valence-electron chi connectivity index (χ4n) is 7.75. The number of ether oxygens (including phenoxy) is 4. The molecule has 10 nitrogen and oxygen atoms in total. The average Bonchev–Trinajstić information content (AvgIpc) is 3.35. The van der Waals surface area contributed by atoms with Crippen LogP contribution in [0.3, 0.4) is 0 Å². The van der Waals surface area contributed by atoms with Gasteiger partial charge in [-0.3, -0.25) is 19.2 Å². The lowest BCUT2D eigenvalue weighted by Gasteiger charge is -2.51. The molecule has 3 aliphatic carbocycles. The van der Waals surface area contributed by atoms with Gasteiger partial charge < -0.3 is 29.8 Å². The zero-order valence-corrected chi connectivity index (χ0v) is 25.4. The fraction of sp³-hybridized carbons (Fsp3) is 0.688. The Bertz CT molecular complexity index is 1210. The number of ketones is 2. The molecule has 0 aromatic heterocycles. The number of rotatable bonds is 12. The molecule has 4 aliphatic rings. The van der Waals surface area contributed by atoms with Crippen LogP contribution in [0.4, 0.5) is 4.39 Å². The third-order valence-corrected chi connectivity index (χ3v) is 9.76. The molecule has 3 fully saturated rings. The van der Waals surface area contributed by atoms with E-state index in [1.54, 1.807) is 26.8 Å². The standard InChI is InChI=1S/C32H44FNO9/c1-6-11-40-28(39)24(34)15-27(38)41-17-25(37)32-26(42-29(2,3)43-32)14-23-19(12-22(36)16-31(23,32)5)7-8-20-13-21(35)9-10-30(20,4)18-33/h6,9-10,13,19,22-24,26,36H,1,7-8,11-12,14-18,34H2,2-5H3. The predicted octanol–water partition coefficient (Wildman–Crippen LogP) is 3.05. The Balaban J connectivity index is 1.52. The minimum Gasteiger partial charge on any atom is -0.460 e. The summed E-state index contributed by atoms with van der Waals surface area (Å²) < 4.78 is 36.9. The lowest BCUT2D eigenvalue weighted by Crippen LogP contribution is -2.60. The van der Waals surface area contributed by atoms with Crippen molar-refractivity contribution in [1.29, 1.82) is 0 Å². The van der Waals surface area contributed by atoms with Crippen LogP contribution in [0.1, 0.15) is 66.2 Å². The van der Waals surface area contributed by atoms with E-state index in [2.05, 4.69) is 6.58 Å². The maximum absolute atomic E-state index is 14.0. The van der Waals surface area contributed by atoms with Crippen LogP contribution in [0.2, 0.25) is 0 Å². The van der Waals surface area contributed by atoms with Gasteiger partial charge in [-0.05, 0) is 76.9 Å². The number of fused-ring (bicyclic) bond motifs is 3. The highest BCUT2D eigenvalue weighted by atomic mass is 19.1. The van der Waals surface area contributed by atoms with Crippen LogP contribution < -0.4 is 5.73 Å². The number of aliphatic hydroxyl groups excluding tert-OH is 1. The van der Waals surface area contributed by atoms with E-state index in [-0.39, 0.29) is 30.6 Å². The van der Waals surface area contributed by atoms with Gasteiger partial charge in [0, 0.05) is 10.8 Å². The zero-order chi connectivity index (χ0) is 31.8. The van der Waals surface area contributed by atoms with Crippen LogP contribution in [0.15, 0.2) is 36.5 Å². The molecule has 2 saturated carbocycles. The Morgan fingerprint density at radius 1 is 1.23 bits per heavy atom. The zero-order valence-electron chi connectivity index (χ0n) is 25.4. The molecular weight excluding hydrogens is 561 g/mol. The van der Waals surface area contributed by atoms with E-state index in [0.29, 0.717) is 31.3 Å². The molecule has 3 N–H and O–H groups in total. The lowest BCUT2D eigenvalue weighted by molar-refractivity contribution is -0.216. The van der Waals surface area contributed by atoms with Gasteiger partial charge in [-0.25, -0.2) is 4.39 Å². The van der Waals surface area contributed by atoms with Crippen molar-refractivity contribution < 1.29 is 47.6 Å². The normalized spacial score (nSPS) is 36.7. The fourth-order valence-corrected chi connectivity index (χ4v) is 7.75. The quantitative estimate of drug-likeness (QED) is 0.251. The predicted molar refractivity (Wildman–Crippen MR) is 153 cm³/mol. The Kier molecular flexibility index (Phi) is 9.52. The van der Waals surface area contributed by atoms with Crippen molar-refractivity contribution in [3.8, 4) is 0 Å². The Hall–Kier alpha value is -2.73. The number of Topliss-reactive ketones (excluding diaryl/α,β-unsaturated/α-hetero) is 1. The minimum atomic E-state index is -1.50. The number of hydrogen-bond acceptors (Lipinski definition) is 10. The van der Waals surface area contributed by atoms with Crippen molar-refractivity contribution in [3.63, 3.8) is 0 Å². The maximum Gasteiger partial charge on any atom is 0.323 e. The molecule has 1 saturated heterocycles. The Morgan fingerprint density at radius 2 is 1.95 bits per heavy atom. The summed E-state index contributed by atoms with van der Waals surface area (Å²) in [6.45, 7) is 9.25. The smallest absolute Gasteiger partial charge is 0.323 e. The molecule has 1 aliphatic heterocycles. The second kappa shape index (κ2) is 12.3. The van der Waals surface area contributed by atoms with Gasteiger partial charge in [0.25, 0.3) is 0 Å². The van der Waals surface area contributed by atoms with Crippen LogP contribution in [-0.4, -0.2) is 78.1 Å². The van der Waals surface area contributed by atoms with Gasteiger partial charge in [0.15, 0.2) is 23.8 Å². The topological polar surface area (TPSA) is 151 Å². The third kappa shape index (κ3) is 6.27. The van der Waals surface area contributed by atoms with Crippen molar-refractivity contribution >= 4 is 23.5 Å². The van der Waals surface area contributed by atoms with Gasteiger partial charge in [-0.15, -0.1) is 0 Å². The van der Waals surface area contributed by atoms with E-state index < -0.39 is 77.9 Å².